The largest absolute Gasteiger partial charge is 0.497 e. The highest BCUT2D eigenvalue weighted by Gasteiger charge is 2.12. The number of ether oxygens (including phenoxy) is 2. The van der Waals surface area contributed by atoms with Gasteiger partial charge >= 0.3 is 5.97 Å². The molecule has 1 N–H and O–H groups in total. The van der Waals surface area contributed by atoms with Gasteiger partial charge in [-0.05, 0) is 42.0 Å². The minimum atomic E-state index is -1.01. The van der Waals surface area contributed by atoms with Crippen molar-refractivity contribution in [2.24, 2.45) is 0 Å². The maximum Gasteiger partial charge on any atom is 0.336 e. The molecule has 0 aliphatic rings. The predicted octanol–water partition coefficient (Wildman–Crippen LogP) is 4.09. The summed E-state index contributed by atoms with van der Waals surface area (Å²) in [5, 5.41) is 9.50. The molecule has 4 nitrogen and oxygen atoms in total. The van der Waals surface area contributed by atoms with E-state index in [9.17, 15) is 9.90 Å². The van der Waals surface area contributed by atoms with E-state index >= 15 is 0 Å². The lowest BCUT2D eigenvalue weighted by Gasteiger charge is -2.08. The van der Waals surface area contributed by atoms with Gasteiger partial charge in [-0.1, -0.05) is 28.1 Å². The van der Waals surface area contributed by atoms with Gasteiger partial charge < -0.3 is 14.6 Å². The molecule has 22 heavy (non-hydrogen) atoms. The fourth-order valence-electron chi connectivity index (χ4n) is 2.01. The van der Waals surface area contributed by atoms with E-state index in [4.69, 9.17) is 9.47 Å². The third-order valence-electron chi connectivity index (χ3n) is 3.12. The second kappa shape index (κ2) is 7.13. The van der Waals surface area contributed by atoms with Crippen molar-refractivity contribution >= 4 is 33.5 Å². The summed E-state index contributed by atoms with van der Waals surface area (Å²) >= 11 is 3.38. The van der Waals surface area contributed by atoms with Gasteiger partial charge in [-0.2, -0.15) is 0 Å². The third-order valence-corrected chi connectivity index (χ3v) is 3.62. The van der Waals surface area contributed by atoms with Crippen LogP contribution >= 0.6 is 15.9 Å². The topological polar surface area (TPSA) is 55.8 Å². The number of halogens is 1. The number of aliphatic carboxylic acids is 1. The van der Waals surface area contributed by atoms with Gasteiger partial charge in [0, 0.05) is 10.0 Å². The van der Waals surface area contributed by atoms with Gasteiger partial charge in [0.25, 0.3) is 0 Å². The molecule has 0 aliphatic heterocycles. The van der Waals surface area contributed by atoms with E-state index in [2.05, 4.69) is 15.9 Å². The molecule has 0 aliphatic carbocycles. The number of hydrogen-bond donors (Lipinski definition) is 1. The molecule has 0 atom stereocenters. The molecule has 0 heterocycles. The predicted molar refractivity (Wildman–Crippen MR) is 89.2 cm³/mol. The van der Waals surface area contributed by atoms with Gasteiger partial charge in [-0.15, -0.1) is 0 Å². The van der Waals surface area contributed by atoms with Crippen LogP contribution < -0.4 is 9.47 Å². The van der Waals surface area contributed by atoms with Crippen molar-refractivity contribution in [1.82, 2.24) is 0 Å². The Bertz CT molecular complexity index is 705. The van der Waals surface area contributed by atoms with Crippen LogP contribution in [0.1, 0.15) is 11.1 Å². The second-order valence-electron chi connectivity index (χ2n) is 4.48. The number of carboxylic acid groups (broad SMARTS) is 1. The average molecular weight is 363 g/mol. The average Bonchev–Trinajstić information content (AvgIpc) is 2.52. The monoisotopic (exact) mass is 362 g/mol. The van der Waals surface area contributed by atoms with E-state index in [0.717, 1.165) is 4.47 Å². The highest BCUT2D eigenvalue weighted by Crippen LogP contribution is 2.28. The van der Waals surface area contributed by atoms with Crippen molar-refractivity contribution in [3.8, 4) is 11.5 Å². The summed E-state index contributed by atoms with van der Waals surface area (Å²) in [7, 11) is 3.11. The number of carbonyl (C=O) groups is 1. The minimum Gasteiger partial charge on any atom is -0.497 e. The Hall–Kier alpha value is -2.27. The van der Waals surface area contributed by atoms with Crippen molar-refractivity contribution in [2.45, 2.75) is 0 Å². The molecule has 0 saturated carbocycles. The lowest BCUT2D eigenvalue weighted by molar-refractivity contribution is -0.130. The standard InChI is InChI=1S/C17H15BrO4/c1-21-14-6-3-11(4-7-14)15(17(19)20)10-12-9-13(18)5-8-16(12)22-2/h3-10H,1-2H3,(H,19,20)/b15-10-. The van der Waals surface area contributed by atoms with Crippen LogP contribution in [0.25, 0.3) is 11.6 Å². The van der Waals surface area contributed by atoms with Gasteiger partial charge in [0.05, 0.1) is 19.8 Å². The Morgan fingerprint density at radius 3 is 2.32 bits per heavy atom. The second-order valence-corrected chi connectivity index (χ2v) is 5.39. The molecule has 0 radical (unpaired) electrons. The fourth-order valence-corrected chi connectivity index (χ4v) is 2.39. The van der Waals surface area contributed by atoms with E-state index in [1.807, 2.05) is 12.1 Å². The van der Waals surface area contributed by atoms with Crippen LogP contribution in [-0.2, 0) is 4.79 Å². The van der Waals surface area contributed by atoms with Gasteiger partial charge in [-0.25, -0.2) is 4.79 Å². The zero-order valence-electron chi connectivity index (χ0n) is 12.2. The van der Waals surface area contributed by atoms with Gasteiger partial charge in [-0.3, -0.25) is 0 Å². The molecule has 2 aromatic rings. The van der Waals surface area contributed by atoms with Crippen LogP contribution in [-0.4, -0.2) is 25.3 Å². The fraction of sp³-hybridized carbons (Fsp3) is 0.118. The first-order valence-electron chi connectivity index (χ1n) is 6.48. The van der Waals surface area contributed by atoms with Crippen LogP contribution in [0, 0.1) is 0 Å². The molecule has 0 aromatic heterocycles. The molecule has 0 bridgehead atoms. The highest BCUT2D eigenvalue weighted by atomic mass is 79.9. The summed E-state index contributed by atoms with van der Waals surface area (Å²) in [5.74, 6) is 0.274. The molecule has 0 fully saturated rings. The normalized spacial score (nSPS) is 11.1. The highest BCUT2D eigenvalue weighted by molar-refractivity contribution is 9.10. The number of methoxy groups -OCH3 is 2. The lowest BCUT2D eigenvalue weighted by Crippen LogP contribution is -2.00. The SMILES string of the molecule is COc1ccc(/C(=C/c2cc(Br)ccc2OC)C(=O)O)cc1. The van der Waals surface area contributed by atoms with Crippen LogP contribution in [0.5, 0.6) is 11.5 Å². The minimum absolute atomic E-state index is 0.180. The molecule has 5 heteroatoms. The van der Waals surface area contributed by atoms with Gasteiger partial charge in [0.1, 0.15) is 11.5 Å². The van der Waals surface area contributed by atoms with Crippen LogP contribution in [0.3, 0.4) is 0 Å². The summed E-state index contributed by atoms with van der Waals surface area (Å²) in [5.41, 5.74) is 1.46. The summed E-state index contributed by atoms with van der Waals surface area (Å²) in [4.78, 5) is 11.6. The summed E-state index contributed by atoms with van der Waals surface area (Å²) in [6.45, 7) is 0. The smallest absolute Gasteiger partial charge is 0.336 e. The maximum absolute atomic E-state index is 11.6. The first kappa shape index (κ1) is 16.1. The Balaban J connectivity index is 2.51. The zero-order chi connectivity index (χ0) is 16.1. The van der Waals surface area contributed by atoms with Crippen molar-refractivity contribution in [2.75, 3.05) is 14.2 Å². The first-order chi connectivity index (χ1) is 10.5. The Morgan fingerprint density at radius 2 is 1.77 bits per heavy atom. The molecule has 2 aromatic carbocycles. The number of benzene rings is 2. The number of rotatable bonds is 5. The summed E-state index contributed by atoms with van der Waals surface area (Å²) in [6, 6.07) is 12.3. The molecule has 0 amide bonds. The Labute approximate surface area is 137 Å². The first-order valence-corrected chi connectivity index (χ1v) is 7.27. The molecule has 0 saturated heterocycles. The van der Waals surface area contributed by atoms with E-state index in [1.165, 1.54) is 0 Å². The van der Waals surface area contributed by atoms with Gasteiger partial charge in [0.15, 0.2) is 0 Å². The van der Waals surface area contributed by atoms with Crippen molar-refractivity contribution in [1.29, 1.82) is 0 Å². The number of carboxylic acids is 1. The van der Waals surface area contributed by atoms with E-state index < -0.39 is 5.97 Å². The van der Waals surface area contributed by atoms with Crippen LogP contribution in [0.15, 0.2) is 46.9 Å². The van der Waals surface area contributed by atoms with Crippen LogP contribution in [0.2, 0.25) is 0 Å². The van der Waals surface area contributed by atoms with Crippen LogP contribution in [0.4, 0.5) is 0 Å². The molecule has 0 spiro atoms. The van der Waals surface area contributed by atoms with E-state index in [-0.39, 0.29) is 5.57 Å². The third kappa shape index (κ3) is 3.68. The number of hydrogen-bond acceptors (Lipinski definition) is 3. The van der Waals surface area contributed by atoms with Gasteiger partial charge in [0.2, 0.25) is 0 Å². The molecule has 2 rings (SSSR count). The maximum atomic E-state index is 11.6. The Kier molecular flexibility index (Phi) is 5.22. The lowest BCUT2D eigenvalue weighted by atomic mass is 10.0. The van der Waals surface area contributed by atoms with Crippen molar-refractivity contribution in [3.05, 3.63) is 58.1 Å². The zero-order valence-corrected chi connectivity index (χ0v) is 13.8. The van der Waals surface area contributed by atoms with Crippen molar-refractivity contribution in [3.63, 3.8) is 0 Å². The molecular formula is C17H15BrO4. The van der Waals surface area contributed by atoms with Crippen molar-refractivity contribution < 1.29 is 19.4 Å². The summed E-state index contributed by atoms with van der Waals surface area (Å²) < 4.78 is 11.2. The molecule has 0 unspecified atom stereocenters. The summed E-state index contributed by atoms with van der Waals surface area (Å²) in [6.07, 6.45) is 1.59. The van der Waals surface area contributed by atoms with E-state index in [0.29, 0.717) is 22.6 Å². The van der Waals surface area contributed by atoms with E-state index in [1.54, 1.807) is 50.6 Å². The molecule has 114 valence electrons. The quantitative estimate of drug-likeness (QED) is 0.642. The molecular weight excluding hydrogens is 348 g/mol. The Morgan fingerprint density at radius 1 is 1.09 bits per heavy atom.